The number of aliphatic hydroxyl groups is 1. The molecule has 0 radical (unpaired) electrons. The van der Waals surface area contributed by atoms with Crippen LogP contribution in [0, 0.1) is 5.82 Å². The summed E-state index contributed by atoms with van der Waals surface area (Å²) in [5, 5.41) is 15.7. The molecule has 2 N–H and O–H groups in total. The van der Waals surface area contributed by atoms with E-state index < -0.39 is 30.8 Å². The summed E-state index contributed by atoms with van der Waals surface area (Å²) in [5.41, 5.74) is 0.496. The van der Waals surface area contributed by atoms with Gasteiger partial charge in [0.05, 0.1) is 6.61 Å². The molecule has 1 atom stereocenters. The van der Waals surface area contributed by atoms with Crippen molar-refractivity contribution in [3.63, 3.8) is 0 Å². The van der Waals surface area contributed by atoms with Gasteiger partial charge in [0.15, 0.2) is 0 Å². The fraction of sp³-hybridized carbons (Fsp3) is 0.167. The molecule has 0 bridgehead atoms. The number of rotatable bonds is 6. The standard InChI is InChI=1S/C18H14F3N3O3/c19-13-7-5-12(6-8-13)17(26)22-14(9-25)18-23-16(24-27-18)11-3-1-10(2-4-11)15(20)21/h1-8,14-15,25H,9H2,(H,22,26)/t14-/m0/s1. The zero-order valence-corrected chi connectivity index (χ0v) is 13.8. The molecule has 6 nitrogen and oxygen atoms in total. The summed E-state index contributed by atoms with van der Waals surface area (Å²) in [6.07, 6.45) is -2.58. The number of nitrogens with zero attached hydrogens (tertiary/aromatic N) is 2. The van der Waals surface area contributed by atoms with Gasteiger partial charge < -0.3 is 14.9 Å². The van der Waals surface area contributed by atoms with E-state index in [0.717, 1.165) is 12.1 Å². The molecule has 1 amide bonds. The van der Waals surface area contributed by atoms with Gasteiger partial charge in [-0.2, -0.15) is 4.98 Å². The molecule has 3 rings (SSSR count). The molecule has 0 aliphatic rings. The quantitative estimate of drug-likeness (QED) is 0.688. The van der Waals surface area contributed by atoms with Crippen LogP contribution in [0.2, 0.25) is 0 Å². The molecule has 0 aliphatic heterocycles. The fourth-order valence-corrected chi connectivity index (χ4v) is 2.30. The molecule has 0 unspecified atom stereocenters. The van der Waals surface area contributed by atoms with Crippen molar-refractivity contribution in [3.05, 3.63) is 71.4 Å². The maximum absolute atomic E-state index is 12.9. The summed E-state index contributed by atoms with van der Waals surface area (Å²) < 4.78 is 43.2. The van der Waals surface area contributed by atoms with E-state index >= 15 is 0 Å². The topological polar surface area (TPSA) is 88.2 Å². The first-order valence-electron chi connectivity index (χ1n) is 7.87. The monoisotopic (exact) mass is 377 g/mol. The highest BCUT2D eigenvalue weighted by molar-refractivity contribution is 5.94. The Morgan fingerprint density at radius 2 is 1.78 bits per heavy atom. The number of halogens is 3. The Hall–Kier alpha value is -3.20. The van der Waals surface area contributed by atoms with Crippen LogP contribution in [0.15, 0.2) is 53.1 Å². The average molecular weight is 377 g/mol. The summed E-state index contributed by atoms with van der Waals surface area (Å²) in [6, 6.07) is 9.21. The molecule has 0 aliphatic carbocycles. The molecule has 1 heterocycles. The zero-order chi connectivity index (χ0) is 19.4. The second kappa shape index (κ2) is 8.00. The van der Waals surface area contributed by atoms with Gasteiger partial charge in [0, 0.05) is 16.7 Å². The lowest BCUT2D eigenvalue weighted by Gasteiger charge is -2.12. The first-order valence-corrected chi connectivity index (χ1v) is 7.87. The molecule has 0 spiro atoms. The maximum Gasteiger partial charge on any atom is 0.263 e. The zero-order valence-electron chi connectivity index (χ0n) is 13.8. The van der Waals surface area contributed by atoms with E-state index in [1.807, 2.05) is 0 Å². The van der Waals surface area contributed by atoms with Gasteiger partial charge in [-0.25, -0.2) is 13.2 Å². The number of alkyl halides is 2. The number of hydrogen-bond acceptors (Lipinski definition) is 5. The van der Waals surface area contributed by atoms with E-state index in [1.165, 1.54) is 36.4 Å². The van der Waals surface area contributed by atoms with Crippen molar-refractivity contribution in [2.24, 2.45) is 0 Å². The Morgan fingerprint density at radius 1 is 1.11 bits per heavy atom. The van der Waals surface area contributed by atoms with Crippen LogP contribution in [0.4, 0.5) is 13.2 Å². The number of carbonyl (C=O) groups excluding carboxylic acids is 1. The molecule has 27 heavy (non-hydrogen) atoms. The molecule has 2 aromatic carbocycles. The molecule has 140 valence electrons. The van der Waals surface area contributed by atoms with Crippen molar-refractivity contribution in [1.82, 2.24) is 15.5 Å². The largest absolute Gasteiger partial charge is 0.394 e. The molecule has 0 saturated heterocycles. The molecule has 0 saturated carbocycles. The van der Waals surface area contributed by atoms with E-state index in [4.69, 9.17) is 4.52 Å². The predicted octanol–water partition coefficient (Wildman–Crippen LogP) is 3.28. The van der Waals surface area contributed by atoms with Crippen molar-refractivity contribution in [1.29, 1.82) is 0 Å². The third kappa shape index (κ3) is 4.32. The predicted molar refractivity (Wildman–Crippen MR) is 88.4 cm³/mol. The minimum Gasteiger partial charge on any atom is -0.394 e. The number of benzene rings is 2. The van der Waals surface area contributed by atoms with Crippen LogP contribution in [0.1, 0.15) is 34.3 Å². The number of hydrogen-bond donors (Lipinski definition) is 2. The average Bonchev–Trinajstić information content (AvgIpc) is 3.16. The second-order valence-electron chi connectivity index (χ2n) is 5.59. The van der Waals surface area contributed by atoms with Gasteiger partial charge >= 0.3 is 0 Å². The highest BCUT2D eigenvalue weighted by Crippen LogP contribution is 2.23. The second-order valence-corrected chi connectivity index (χ2v) is 5.59. The number of amides is 1. The highest BCUT2D eigenvalue weighted by atomic mass is 19.3. The van der Waals surface area contributed by atoms with Gasteiger partial charge in [0.25, 0.3) is 18.2 Å². The number of aliphatic hydroxyl groups excluding tert-OH is 1. The van der Waals surface area contributed by atoms with Crippen LogP contribution in [-0.2, 0) is 0 Å². The SMILES string of the molecule is O=C(N[C@@H](CO)c1nc(-c2ccc(C(F)F)cc2)no1)c1ccc(F)cc1. The number of aromatic nitrogens is 2. The van der Waals surface area contributed by atoms with Crippen molar-refractivity contribution in [3.8, 4) is 11.4 Å². The Kier molecular flexibility index (Phi) is 5.51. The van der Waals surface area contributed by atoms with Gasteiger partial charge in [0.2, 0.25) is 5.82 Å². The minimum absolute atomic E-state index is 0.0547. The Morgan fingerprint density at radius 3 is 2.37 bits per heavy atom. The molecule has 0 fully saturated rings. The summed E-state index contributed by atoms with van der Waals surface area (Å²) in [6.45, 7) is -0.515. The van der Waals surface area contributed by atoms with Crippen molar-refractivity contribution < 1.29 is 27.6 Å². The van der Waals surface area contributed by atoms with E-state index in [0.29, 0.717) is 5.56 Å². The lowest BCUT2D eigenvalue weighted by Crippen LogP contribution is -2.31. The van der Waals surface area contributed by atoms with Crippen molar-refractivity contribution in [2.45, 2.75) is 12.5 Å². The van der Waals surface area contributed by atoms with Gasteiger partial charge in [-0.15, -0.1) is 0 Å². The normalized spacial score (nSPS) is 12.2. The Balaban J connectivity index is 1.74. The van der Waals surface area contributed by atoms with Gasteiger partial charge in [-0.3, -0.25) is 4.79 Å². The molecule has 9 heteroatoms. The van der Waals surface area contributed by atoms with Gasteiger partial charge in [-0.1, -0.05) is 29.4 Å². The lowest BCUT2D eigenvalue weighted by atomic mass is 10.1. The van der Waals surface area contributed by atoms with E-state index in [9.17, 15) is 23.1 Å². The van der Waals surface area contributed by atoms with E-state index in [1.54, 1.807) is 0 Å². The minimum atomic E-state index is -2.58. The molecular weight excluding hydrogens is 363 g/mol. The highest BCUT2D eigenvalue weighted by Gasteiger charge is 2.22. The molecular formula is C18H14F3N3O3. The smallest absolute Gasteiger partial charge is 0.263 e. The number of carbonyl (C=O) groups is 1. The lowest BCUT2D eigenvalue weighted by molar-refractivity contribution is 0.0901. The van der Waals surface area contributed by atoms with Crippen LogP contribution in [-0.4, -0.2) is 27.8 Å². The Labute approximate surface area is 151 Å². The van der Waals surface area contributed by atoms with Crippen LogP contribution in [0.5, 0.6) is 0 Å². The molecule has 1 aromatic heterocycles. The summed E-state index contributed by atoms with van der Waals surface area (Å²) in [7, 11) is 0. The van der Waals surface area contributed by atoms with Crippen LogP contribution < -0.4 is 5.32 Å². The first kappa shape index (κ1) is 18.6. The van der Waals surface area contributed by atoms with Crippen molar-refractivity contribution >= 4 is 5.91 Å². The van der Waals surface area contributed by atoms with Crippen molar-refractivity contribution in [2.75, 3.05) is 6.61 Å². The fourth-order valence-electron chi connectivity index (χ4n) is 2.30. The number of nitrogens with one attached hydrogen (secondary N) is 1. The summed E-state index contributed by atoms with van der Waals surface area (Å²) >= 11 is 0. The third-order valence-corrected chi connectivity index (χ3v) is 3.76. The molecule has 3 aromatic rings. The van der Waals surface area contributed by atoms with Crippen LogP contribution in [0.3, 0.4) is 0 Å². The van der Waals surface area contributed by atoms with Crippen LogP contribution >= 0.6 is 0 Å². The first-order chi connectivity index (χ1) is 13.0. The Bertz CT molecular complexity index is 912. The maximum atomic E-state index is 12.9. The van der Waals surface area contributed by atoms with E-state index in [2.05, 4.69) is 15.5 Å². The van der Waals surface area contributed by atoms with Crippen LogP contribution in [0.25, 0.3) is 11.4 Å². The third-order valence-electron chi connectivity index (χ3n) is 3.76. The van der Waals surface area contributed by atoms with E-state index in [-0.39, 0.29) is 22.8 Å². The summed E-state index contributed by atoms with van der Waals surface area (Å²) in [5.74, 6) is -0.971. The van der Waals surface area contributed by atoms with Gasteiger partial charge in [-0.05, 0) is 24.3 Å². The summed E-state index contributed by atoms with van der Waals surface area (Å²) in [4.78, 5) is 16.3. The van der Waals surface area contributed by atoms with Gasteiger partial charge in [0.1, 0.15) is 11.9 Å².